The Balaban J connectivity index is 1.93. The molecule has 30 heavy (non-hydrogen) atoms. The van der Waals surface area contributed by atoms with E-state index in [0.717, 1.165) is 11.8 Å². The lowest BCUT2D eigenvalue weighted by molar-refractivity contribution is -0.121. The van der Waals surface area contributed by atoms with Gasteiger partial charge in [0.05, 0.1) is 26.2 Å². The molecule has 1 N–H and O–H groups in total. The summed E-state index contributed by atoms with van der Waals surface area (Å²) in [5, 5.41) is 3.48. The number of halogens is 2. The molecule has 7 nitrogen and oxygen atoms in total. The lowest BCUT2D eigenvalue weighted by Gasteiger charge is -2.22. The van der Waals surface area contributed by atoms with Crippen molar-refractivity contribution >= 4 is 44.8 Å². The molecular weight excluding hydrogens is 451 g/mol. The van der Waals surface area contributed by atoms with Gasteiger partial charge in [0.1, 0.15) is 0 Å². The number of amides is 1. The van der Waals surface area contributed by atoms with Crippen LogP contribution in [0.3, 0.4) is 0 Å². The molecule has 0 saturated carbocycles. The van der Waals surface area contributed by atoms with Gasteiger partial charge in [0.25, 0.3) is 0 Å². The third-order valence-electron chi connectivity index (χ3n) is 4.24. The van der Waals surface area contributed by atoms with E-state index in [1.165, 1.54) is 22.5 Å². The molecule has 0 fully saturated rings. The number of carbonyl (C=O) groups is 1. The van der Waals surface area contributed by atoms with Gasteiger partial charge in [0.2, 0.25) is 15.9 Å². The smallest absolute Gasteiger partial charge is 0.232 e. The Morgan fingerprint density at radius 1 is 1.03 bits per heavy atom. The summed E-state index contributed by atoms with van der Waals surface area (Å²) in [5.41, 5.74) is 1.22. The maximum absolute atomic E-state index is 12.2. The SMILES string of the molecule is COc1ccc(CNC(=O)CCCN(c2cc(Cl)cc(Cl)c2)S(C)(=O)=O)cc1OC. The number of sulfonamides is 1. The van der Waals surface area contributed by atoms with Crippen molar-refractivity contribution < 1.29 is 22.7 Å². The normalized spacial score (nSPS) is 11.1. The van der Waals surface area contributed by atoms with Gasteiger partial charge in [-0.25, -0.2) is 8.42 Å². The molecule has 0 unspecified atom stereocenters. The van der Waals surface area contributed by atoms with Crippen LogP contribution in [0.25, 0.3) is 0 Å². The zero-order chi connectivity index (χ0) is 22.3. The van der Waals surface area contributed by atoms with Crippen molar-refractivity contribution in [1.29, 1.82) is 0 Å². The predicted molar refractivity (Wildman–Crippen MR) is 119 cm³/mol. The molecule has 0 bridgehead atoms. The zero-order valence-corrected chi connectivity index (χ0v) is 19.3. The van der Waals surface area contributed by atoms with Crippen molar-refractivity contribution in [3.8, 4) is 11.5 Å². The van der Waals surface area contributed by atoms with Crippen LogP contribution < -0.4 is 19.1 Å². The fourth-order valence-electron chi connectivity index (χ4n) is 2.83. The average molecular weight is 475 g/mol. The van der Waals surface area contributed by atoms with Crippen LogP contribution in [0.2, 0.25) is 10.0 Å². The second-order valence-corrected chi connectivity index (χ2v) is 9.31. The number of carbonyl (C=O) groups excluding carboxylic acids is 1. The van der Waals surface area contributed by atoms with E-state index in [9.17, 15) is 13.2 Å². The molecule has 0 aromatic heterocycles. The van der Waals surface area contributed by atoms with Crippen LogP contribution in [-0.2, 0) is 21.4 Å². The molecule has 2 aromatic carbocycles. The molecule has 2 rings (SSSR count). The standard InChI is InChI=1S/C20H24Cl2N2O5S/c1-28-18-7-6-14(9-19(18)29-2)13-23-20(25)5-4-8-24(30(3,26)27)17-11-15(21)10-16(22)12-17/h6-7,9-12H,4-5,8,13H2,1-3H3,(H,23,25). The summed E-state index contributed by atoms with van der Waals surface area (Å²) in [6, 6.07) is 9.94. The molecule has 0 radical (unpaired) electrons. The van der Waals surface area contributed by atoms with Gasteiger partial charge in [-0.15, -0.1) is 0 Å². The van der Waals surface area contributed by atoms with Crippen LogP contribution in [0.4, 0.5) is 5.69 Å². The van der Waals surface area contributed by atoms with Crippen molar-refractivity contribution in [1.82, 2.24) is 5.32 Å². The van der Waals surface area contributed by atoms with Crippen LogP contribution in [-0.4, -0.2) is 41.3 Å². The third-order valence-corrected chi connectivity index (χ3v) is 5.87. The lowest BCUT2D eigenvalue weighted by Crippen LogP contribution is -2.32. The Labute approximate surface area is 186 Å². The summed E-state index contributed by atoms with van der Waals surface area (Å²) in [5.74, 6) is 0.991. The Kier molecular flexibility index (Phi) is 8.64. The van der Waals surface area contributed by atoms with E-state index in [0.29, 0.717) is 40.2 Å². The van der Waals surface area contributed by atoms with E-state index in [1.54, 1.807) is 26.4 Å². The van der Waals surface area contributed by atoms with Gasteiger partial charge < -0.3 is 14.8 Å². The van der Waals surface area contributed by atoms with E-state index in [2.05, 4.69) is 5.32 Å². The van der Waals surface area contributed by atoms with E-state index in [-0.39, 0.29) is 18.9 Å². The van der Waals surface area contributed by atoms with Crippen LogP contribution in [0.5, 0.6) is 11.5 Å². The second-order valence-electron chi connectivity index (χ2n) is 6.53. The molecule has 1 amide bonds. The molecule has 0 spiro atoms. The molecule has 0 aliphatic rings. The first-order chi connectivity index (χ1) is 14.1. The van der Waals surface area contributed by atoms with Crippen LogP contribution in [0.15, 0.2) is 36.4 Å². The van der Waals surface area contributed by atoms with Crippen LogP contribution >= 0.6 is 23.2 Å². The fraction of sp³-hybridized carbons (Fsp3) is 0.350. The van der Waals surface area contributed by atoms with Gasteiger partial charge in [-0.3, -0.25) is 9.10 Å². The highest BCUT2D eigenvalue weighted by Crippen LogP contribution is 2.28. The Hall–Kier alpha value is -2.16. The number of anilines is 1. The number of hydrogen-bond acceptors (Lipinski definition) is 5. The topological polar surface area (TPSA) is 84.9 Å². The Bertz CT molecular complexity index is 978. The largest absolute Gasteiger partial charge is 0.493 e. The summed E-state index contributed by atoms with van der Waals surface area (Å²) in [6.07, 6.45) is 1.58. The monoisotopic (exact) mass is 474 g/mol. The molecule has 164 valence electrons. The van der Waals surface area contributed by atoms with Crippen LogP contribution in [0, 0.1) is 0 Å². The minimum Gasteiger partial charge on any atom is -0.493 e. The first-order valence-corrected chi connectivity index (χ1v) is 11.7. The number of benzene rings is 2. The van der Waals surface area contributed by atoms with Gasteiger partial charge in [-0.2, -0.15) is 0 Å². The van der Waals surface area contributed by atoms with Crippen molar-refractivity contribution in [2.45, 2.75) is 19.4 Å². The molecule has 0 saturated heterocycles. The number of nitrogens with one attached hydrogen (secondary N) is 1. The summed E-state index contributed by atoms with van der Waals surface area (Å²) in [4.78, 5) is 12.2. The average Bonchev–Trinajstić information content (AvgIpc) is 2.67. The van der Waals surface area contributed by atoms with E-state index >= 15 is 0 Å². The molecular formula is C20H24Cl2N2O5S. The first kappa shape index (κ1) is 24.1. The van der Waals surface area contributed by atoms with Gasteiger partial charge in [0.15, 0.2) is 11.5 Å². The predicted octanol–water partition coefficient (Wildman–Crippen LogP) is 3.87. The van der Waals surface area contributed by atoms with E-state index in [1.807, 2.05) is 6.07 Å². The molecule has 0 aliphatic heterocycles. The molecule has 0 atom stereocenters. The lowest BCUT2D eigenvalue weighted by atomic mass is 10.2. The minimum absolute atomic E-state index is 0.124. The number of rotatable bonds is 10. The summed E-state index contributed by atoms with van der Waals surface area (Å²) in [6.45, 7) is 0.443. The second kappa shape index (κ2) is 10.7. The molecule has 0 heterocycles. The Morgan fingerprint density at radius 2 is 1.67 bits per heavy atom. The highest BCUT2D eigenvalue weighted by atomic mass is 35.5. The Morgan fingerprint density at radius 3 is 2.23 bits per heavy atom. The number of methoxy groups -OCH3 is 2. The van der Waals surface area contributed by atoms with Crippen molar-refractivity contribution in [3.63, 3.8) is 0 Å². The highest BCUT2D eigenvalue weighted by molar-refractivity contribution is 7.92. The summed E-state index contributed by atoms with van der Waals surface area (Å²) >= 11 is 12.0. The summed E-state index contributed by atoms with van der Waals surface area (Å²) < 4.78 is 36.0. The molecule has 10 heteroatoms. The number of hydrogen-bond donors (Lipinski definition) is 1. The number of nitrogens with zero attached hydrogens (tertiary/aromatic N) is 1. The van der Waals surface area contributed by atoms with E-state index in [4.69, 9.17) is 32.7 Å². The van der Waals surface area contributed by atoms with Gasteiger partial charge >= 0.3 is 0 Å². The first-order valence-electron chi connectivity index (χ1n) is 9.05. The zero-order valence-electron chi connectivity index (χ0n) is 16.9. The van der Waals surface area contributed by atoms with Crippen molar-refractivity contribution in [3.05, 3.63) is 52.0 Å². The highest BCUT2D eigenvalue weighted by Gasteiger charge is 2.18. The molecule has 2 aromatic rings. The fourth-order valence-corrected chi connectivity index (χ4v) is 4.30. The van der Waals surface area contributed by atoms with Gasteiger partial charge in [-0.05, 0) is 42.3 Å². The summed E-state index contributed by atoms with van der Waals surface area (Å²) in [7, 11) is -0.466. The maximum atomic E-state index is 12.2. The van der Waals surface area contributed by atoms with Gasteiger partial charge in [0, 0.05) is 29.6 Å². The van der Waals surface area contributed by atoms with Crippen molar-refractivity contribution in [2.24, 2.45) is 0 Å². The van der Waals surface area contributed by atoms with Gasteiger partial charge in [-0.1, -0.05) is 29.3 Å². The van der Waals surface area contributed by atoms with Crippen LogP contribution in [0.1, 0.15) is 18.4 Å². The quantitative estimate of drug-likeness (QED) is 0.564. The van der Waals surface area contributed by atoms with E-state index < -0.39 is 10.0 Å². The molecule has 0 aliphatic carbocycles. The maximum Gasteiger partial charge on any atom is 0.232 e. The third kappa shape index (κ3) is 6.97. The number of ether oxygens (including phenoxy) is 2. The van der Waals surface area contributed by atoms with Crippen molar-refractivity contribution in [2.75, 3.05) is 31.3 Å². The minimum atomic E-state index is -3.56.